The van der Waals surface area contributed by atoms with Crippen molar-refractivity contribution in [2.75, 3.05) is 31.6 Å². The van der Waals surface area contributed by atoms with Gasteiger partial charge in [0.1, 0.15) is 11.5 Å². The maximum absolute atomic E-state index is 12.0. The van der Waals surface area contributed by atoms with Crippen LogP contribution in [0.2, 0.25) is 0 Å². The highest BCUT2D eigenvalue weighted by Gasteiger charge is 2.19. The minimum atomic E-state index is -0.139. The Labute approximate surface area is 119 Å². The number of nitrogens with one attached hydrogen (secondary N) is 2. The average Bonchev–Trinajstić information content (AvgIpc) is 2.53. The Bertz CT molecular complexity index is 443. The van der Waals surface area contributed by atoms with Crippen LogP contribution in [-0.2, 0) is 0 Å². The predicted octanol–water partition coefficient (Wildman–Crippen LogP) is 0.829. The van der Waals surface area contributed by atoms with Crippen LogP contribution in [0.5, 0.6) is 0 Å². The number of hydrogen-bond donors (Lipinski definition) is 3. The first-order valence-electron chi connectivity index (χ1n) is 7.17. The summed E-state index contributed by atoms with van der Waals surface area (Å²) in [4.78, 5) is 18.6. The van der Waals surface area contributed by atoms with E-state index in [4.69, 9.17) is 5.84 Å². The number of hydrogen-bond acceptors (Lipinski definition) is 5. The van der Waals surface area contributed by atoms with E-state index >= 15 is 0 Å². The standard InChI is InChI=1S/C14H23N5O/c1-2-19-8-6-11(7-9-19)10-16-14(20)12-4-3-5-13(17-12)18-15/h3-5,11H,2,6-10,15H2,1H3,(H,16,20)(H,17,18). The van der Waals surface area contributed by atoms with Crippen LogP contribution in [0, 0.1) is 5.92 Å². The first-order chi connectivity index (χ1) is 9.72. The van der Waals surface area contributed by atoms with Crippen molar-refractivity contribution in [2.45, 2.75) is 19.8 Å². The highest BCUT2D eigenvalue weighted by Crippen LogP contribution is 2.16. The van der Waals surface area contributed by atoms with E-state index < -0.39 is 0 Å². The molecule has 1 amide bonds. The Morgan fingerprint density at radius 3 is 2.85 bits per heavy atom. The van der Waals surface area contributed by atoms with Crippen molar-refractivity contribution in [3.05, 3.63) is 23.9 Å². The number of carbonyl (C=O) groups is 1. The van der Waals surface area contributed by atoms with Crippen molar-refractivity contribution < 1.29 is 4.79 Å². The van der Waals surface area contributed by atoms with Gasteiger partial charge in [-0.25, -0.2) is 10.8 Å². The largest absolute Gasteiger partial charge is 0.350 e. The molecule has 2 heterocycles. The second-order valence-corrected chi connectivity index (χ2v) is 5.14. The van der Waals surface area contributed by atoms with Gasteiger partial charge in [-0.05, 0) is 50.5 Å². The van der Waals surface area contributed by atoms with E-state index in [-0.39, 0.29) is 5.91 Å². The fourth-order valence-corrected chi connectivity index (χ4v) is 2.48. The van der Waals surface area contributed by atoms with Crippen molar-refractivity contribution >= 4 is 11.7 Å². The number of nitrogens with zero attached hydrogens (tertiary/aromatic N) is 2. The third-order valence-electron chi connectivity index (χ3n) is 3.84. The van der Waals surface area contributed by atoms with Gasteiger partial charge in [0.15, 0.2) is 0 Å². The molecular formula is C14H23N5O. The second-order valence-electron chi connectivity index (χ2n) is 5.14. The molecule has 0 bridgehead atoms. The van der Waals surface area contributed by atoms with Gasteiger partial charge in [0, 0.05) is 6.54 Å². The van der Waals surface area contributed by atoms with Crippen molar-refractivity contribution in [2.24, 2.45) is 11.8 Å². The number of anilines is 1. The number of nitrogen functional groups attached to an aromatic ring is 1. The molecule has 0 radical (unpaired) electrons. The van der Waals surface area contributed by atoms with E-state index in [1.807, 2.05) is 0 Å². The quantitative estimate of drug-likeness (QED) is 0.548. The second kappa shape index (κ2) is 7.21. The lowest BCUT2D eigenvalue weighted by atomic mass is 9.97. The SMILES string of the molecule is CCN1CCC(CNC(=O)c2cccc(NN)n2)CC1. The van der Waals surface area contributed by atoms with Crippen LogP contribution >= 0.6 is 0 Å². The number of hydrazine groups is 1. The molecule has 6 nitrogen and oxygen atoms in total. The molecule has 1 fully saturated rings. The summed E-state index contributed by atoms with van der Waals surface area (Å²) in [5, 5.41) is 2.96. The summed E-state index contributed by atoms with van der Waals surface area (Å²) in [6.45, 7) is 6.27. The molecule has 1 aromatic rings. The van der Waals surface area contributed by atoms with Gasteiger partial charge < -0.3 is 15.6 Å². The molecule has 1 aliphatic rings. The van der Waals surface area contributed by atoms with Gasteiger partial charge in [0.05, 0.1) is 0 Å². The van der Waals surface area contributed by atoms with Crippen molar-refractivity contribution in [1.29, 1.82) is 0 Å². The summed E-state index contributed by atoms with van der Waals surface area (Å²) in [6, 6.07) is 5.17. The third-order valence-corrected chi connectivity index (χ3v) is 3.84. The van der Waals surface area contributed by atoms with Gasteiger partial charge in [0.2, 0.25) is 0 Å². The van der Waals surface area contributed by atoms with E-state index in [9.17, 15) is 4.79 Å². The maximum Gasteiger partial charge on any atom is 0.269 e. The maximum atomic E-state index is 12.0. The van der Waals surface area contributed by atoms with Crippen LogP contribution in [0.1, 0.15) is 30.3 Å². The third kappa shape index (κ3) is 3.91. The van der Waals surface area contributed by atoms with E-state index in [2.05, 4.69) is 27.6 Å². The molecule has 0 aliphatic carbocycles. The molecule has 20 heavy (non-hydrogen) atoms. The Morgan fingerprint density at radius 2 is 2.20 bits per heavy atom. The van der Waals surface area contributed by atoms with Crippen LogP contribution < -0.4 is 16.6 Å². The Hall–Kier alpha value is -1.66. The highest BCUT2D eigenvalue weighted by molar-refractivity contribution is 5.92. The van der Waals surface area contributed by atoms with Gasteiger partial charge in [0.25, 0.3) is 5.91 Å². The summed E-state index contributed by atoms with van der Waals surface area (Å²) in [5.41, 5.74) is 2.84. The van der Waals surface area contributed by atoms with Gasteiger partial charge in [-0.15, -0.1) is 0 Å². The number of rotatable bonds is 5. The van der Waals surface area contributed by atoms with Gasteiger partial charge in [-0.1, -0.05) is 13.0 Å². The summed E-state index contributed by atoms with van der Waals surface area (Å²) in [6.07, 6.45) is 2.29. The average molecular weight is 277 g/mol. The minimum absolute atomic E-state index is 0.139. The predicted molar refractivity (Wildman–Crippen MR) is 79.2 cm³/mol. The molecule has 1 aliphatic heterocycles. The molecule has 0 atom stereocenters. The zero-order valence-electron chi connectivity index (χ0n) is 11.9. The molecule has 110 valence electrons. The number of likely N-dealkylation sites (tertiary alicyclic amines) is 1. The number of aromatic nitrogens is 1. The molecule has 0 saturated carbocycles. The number of piperidine rings is 1. The van der Waals surface area contributed by atoms with Crippen LogP contribution in [0.3, 0.4) is 0 Å². The zero-order chi connectivity index (χ0) is 14.4. The van der Waals surface area contributed by atoms with Gasteiger partial charge >= 0.3 is 0 Å². The van der Waals surface area contributed by atoms with Crippen LogP contribution in [0.25, 0.3) is 0 Å². The monoisotopic (exact) mass is 277 g/mol. The molecule has 0 aromatic carbocycles. The molecular weight excluding hydrogens is 254 g/mol. The highest BCUT2D eigenvalue weighted by atomic mass is 16.1. The van der Waals surface area contributed by atoms with Crippen LogP contribution in [0.15, 0.2) is 18.2 Å². The summed E-state index contributed by atoms with van der Waals surface area (Å²) in [5.74, 6) is 6.21. The molecule has 0 spiro atoms. The summed E-state index contributed by atoms with van der Waals surface area (Å²) < 4.78 is 0. The first-order valence-corrected chi connectivity index (χ1v) is 7.17. The molecule has 4 N–H and O–H groups in total. The smallest absolute Gasteiger partial charge is 0.269 e. The molecule has 2 rings (SSSR count). The zero-order valence-corrected chi connectivity index (χ0v) is 11.9. The Balaban J connectivity index is 1.80. The van der Waals surface area contributed by atoms with Crippen molar-refractivity contribution in [3.63, 3.8) is 0 Å². The van der Waals surface area contributed by atoms with Crippen molar-refractivity contribution in [3.8, 4) is 0 Å². The number of nitrogens with two attached hydrogens (primary N) is 1. The van der Waals surface area contributed by atoms with Crippen LogP contribution in [0.4, 0.5) is 5.82 Å². The van der Waals surface area contributed by atoms with Gasteiger partial charge in [-0.2, -0.15) is 0 Å². The number of carbonyl (C=O) groups excluding carboxylic acids is 1. The van der Waals surface area contributed by atoms with Crippen LogP contribution in [-0.4, -0.2) is 42.0 Å². The van der Waals surface area contributed by atoms with E-state index in [1.165, 1.54) is 0 Å². The summed E-state index contributed by atoms with van der Waals surface area (Å²) >= 11 is 0. The topological polar surface area (TPSA) is 83.3 Å². The minimum Gasteiger partial charge on any atom is -0.350 e. The lowest BCUT2D eigenvalue weighted by Crippen LogP contribution is -2.38. The van der Waals surface area contributed by atoms with Gasteiger partial charge in [-0.3, -0.25) is 4.79 Å². The molecule has 6 heteroatoms. The lowest BCUT2D eigenvalue weighted by Gasteiger charge is -2.30. The van der Waals surface area contributed by atoms with E-state index in [1.54, 1.807) is 18.2 Å². The number of pyridine rings is 1. The summed E-state index contributed by atoms with van der Waals surface area (Å²) in [7, 11) is 0. The van der Waals surface area contributed by atoms with Crippen molar-refractivity contribution in [1.82, 2.24) is 15.2 Å². The molecule has 1 aromatic heterocycles. The Morgan fingerprint density at radius 1 is 1.45 bits per heavy atom. The lowest BCUT2D eigenvalue weighted by molar-refractivity contribution is 0.0932. The van der Waals surface area contributed by atoms with E-state index in [0.29, 0.717) is 17.4 Å². The molecule has 1 saturated heterocycles. The normalized spacial score (nSPS) is 16.9. The first kappa shape index (κ1) is 14.7. The van der Waals surface area contributed by atoms with E-state index in [0.717, 1.165) is 39.0 Å². The fraction of sp³-hybridized carbons (Fsp3) is 0.571. The fourth-order valence-electron chi connectivity index (χ4n) is 2.48. The number of amides is 1. The Kier molecular flexibility index (Phi) is 5.31. The molecule has 0 unspecified atom stereocenters.